The minimum absolute atomic E-state index is 0.146. The van der Waals surface area contributed by atoms with E-state index in [9.17, 15) is 4.79 Å². The normalized spacial score (nSPS) is 24.1. The number of nitrogens with zero attached hydrogens (tertiary/aromatic N) is 1. The summed E-state index contributed by atoms with van der Waals surface area (Å²) in [5.74, 6) is 0.433. The van der Waals surface area contributed by atoms with Crippen molar-refractivity contribution in [3.8, 4) is 0 Å². The lowest BCUT2D eigenvalue weighted by molar-refractivity contribution is -0.125. The highest BCUT2D eigenvalue weighted by Crippen LogP contribution is 2.34. The van der Waals surface area contributed by atoms with Crippen LogP contribution in [0.3, 0.4) is 0 Å². The molecule has 1 amide bonds. The third-order valence-corrected chi connectivity index (χ3v) is 4.02. The van der Waals surface area contributed by atoms with Gasteiger partial charge in [-0.2, -0.15) is 0 Å². The van der Waals surface area contributed by atoms with Crippen LogP contribution in [0.25, 0.3) is 0 Å². The van der Waals surface area contributed by atoms with Crippen molar-refractivity contribution < 1.29 is 9.53 Å². The summed E-state index contributed by atoms with van der Waals surface area (Å²) < 4.78 is 5.34. The van der Waals surface area contributed by atoms with Crippen LogP contribution in [0.4, 0.5) is 5.69 Å². The van der Waals surface area contributed by atoms with Crippen LogP contribution in [0.5, 0.6) is 0 Å². The summed E-state index contributed by atoms with van der Waals surface area (Å²) >= 11 is 0. The third kappa shape index (κ3) is 1.93. The van der Waals surface area contributed by atoms with Gasteiger partial charge in [-0.25, -0.2) is 0 Å². The van der Waals surface area contributed by atoms with Crippen LogP contribution in [0, 0.1) is 5.92 Å². The summed E-state index contributed by atoms with van der Waals surface area (Å²) in [4.78, 5) is 14.6. The van der Waals surface area contributed by atoms with E-state index in [4.69, 9.17) is 4.74 Å². The zero-order valence-electron chi connectivity index (χ0n) is 10.8. The fourth-order valence-electron chi connectivity index (χ4n) is 3.04. The molecule has 1 fully saturated rings. The van der Waals surface area contributed by atoms with Gasteiger partial charge >= 0.3 is 0 Å². The molecular weight excluding hydrogens is 226 g/mol. The van der Waals surface area contributed by atoms with E-state index in [2.05, 4.69) is 19.1 Å². The van der Waals surface area contributed by atoms with Crippen LogP contribution in [-0.2, 0) is 16.0 Å². The first kappa shape index (κ1) is 11.7. The molecule has 0 spiro atoms. The molecule has 3 rings (SSSR count). The van der Waals surface area contributed by atoms with Gasteiger partial charge in [0.15, 0.2) is 0 Å². The van der Waals surface area contributed by atoms with Gasteiger partial charge in [0, 0.05) is 30.9 Å². The molecule has 3 nitrogen and oxygen atoms in total. The topological polar surface area (TPSA) is 29.5 Å². The van der Waals surface area contributed by atoms with Crippen LogP contribution in [0.15, 0.2) is 24.3 Å². The predicted octanol–water partition coefficient (Wildman–Crippen LogP) is 2.39. The maximum Gasteiger partial charge on any atom is 0.230 e. The quantitative estimate of drug-likeness (QED) is 0.760. The lowest BCUT2D eigenvalue weighted by atomic mass is 9.98. The van der Waals surface area contributed by atoms with Crippen LogP contribution in [0.2, 0.25) is 0 Å². The number of rotatable bonds is 1. The van der Waals surface area contributed by atoms with Gasteiger partial charge in [-0.3, -0.25) is 4.79 Å². The summed E-state index contributed by atoms with van der Waals surface area (Å²) in [7, 11) is 0. The molecule has 18 heavy (non-hydrogen) atoms. The zero-order valence-corrected chi connectivity index (χ0v) is 10.8. The molecule has 2 heterocycles. The first-order valence-electron chi connectivity index (χ1n) is 6.76. The zero-order chi connectivity index (χ0) is 12.5. The van der Waals surface area contributed by atoms with Gasteiger partial charge in [-0.1, -0.05) is 18.2 Å². The minimum atomic E-state index is 0.146. The van der Waals surface area contributed by atoms with Gasteiger partial charge in [0.25, 0.3) is 0 Å². The number of hydrogen-bond acceptors (Lipinski definition) is 2. The minimum Gasteiger partial charge on any atom is -0.381 e. The average molecular weight is 245 g/mol. The van der Waals surface area contributed by atoms with Gasteiger partial charge in [0.2, 0.25) is 5.91 Å². The SMILES string of the molecule is CC1Cc2ccccc2N1C(=O)C1CCOCC1. The molecule has 2 aliphatic heterocycles. The summed E-state index contributed by atoms with van der Waals surface area (Å²) in [6.45, 7) is 3.58. The van der Waals surface area contributed by atoms with Crippen molar-refractivity contribution in [2.24, 2.45) is 5.92 Å². The van der Waals surface area contributed by atoms with Gasteiger partial charge in [0.1, 0.15) is 0 Å². The molecule has 96 valence electrons. The van der Waals surface area contributed by atoms with Crippen molar-refractivity contribution in [3.05, 3.63) is 29.8 Å². The smallest absolute Gasteiger partial charge is 0.230 e. The highest BCUT2D eigenvalue weighted by Gasteiger charge is 2.34. The molecule has 2 aliphatic rings. The number of amides is 1. The molecule has 0 N–H and O–H groups in total. The first-order chi connectivity index (χ1) is 8.77. The molecule has 1 saturated heterocycles. The Morgan fingerprint density at radius 2 is 2.00 bits per heavy atom. The Morgan fingerprint density at radius 3 is 2.78 bits per heavy atom. The Morgan fingerprint density at radius 1 is 1.28 bits per heavy atom. The Balaban J connectivity index is 1.85. The van der Waals surface area contributed by atoms with Crippen molar-refractivity contribution in [1.29, 1.82) is 0 Å². The summed E-state index contributed by atoms with van der Waals surface area (Å²) in [5.41, 5.74) is 2.41. The van der Waals surface area contributed by atoms with E-state index < -0.39 is 0 Å². The fourth-order valence-corrected chi connectivity index (χ4v) is 3.04. The van der Waals surface area contributed by atoms with Crippen LogP contribution >= 0.6 is 0 Å². The lowest BCUT2D eigenvalue weighted by Crippen LogP contribution is -2.41. The number of carbonyl (C=O) groups is 1. The number of para-hydroxylation sites is 1. The first-order valence-corrected chi connectivity index (χ1v) is 6.76. The Labute approximate surface area is 108 Å². The predicted molar refractivity (Wildman–Crippen MR) is 70.6 cm³/mol. The molecule has 1 unspecified atom stereocenters. The van der Waals surface area contributed by atoms with E-state index in [1.54, 1.807) is 0 Å². The van der Waals surface area contributed by atoms with Crippen molar-refractivity contribution in [2.45, 2.75) is 32.2 Å². The molecule has 0 radical (unpaired) electrons. The average Bonchev–Trinajstić information content (AvgIpc) is 2.75. The Bertz CT molecular complexity index is 452. The van der Waals surface area contributed by atoms with Gasteiger partial charge < -0.3 is 9.64 Å². The fraction of sp³-hybridized carbons (Fsp3) is 0.533. The van der Waals surface area contributed by atoms with Gasteiger partial charge in [-0.15, -0.1) is 0 Å². The Hall–Kier alpha value is -1.35. The molecule has 0 aliphatic carbocycles. The van der Waals surface area contributed by atoms with Crippen LogP contribution in [0.1, 0.15) is 25.3 Å². The number of carbonyl (C=O) groups excluding carboxylic acids is 1. The second kappa shape index (κ2) is 4.73. The highest BCUT2D eigenvalue weighted by molar-refractivity contribution is 5.97. The number of anilines is 1. The van der Waals surface area contributed by atoms with E-state index in [0.717, 1.165) is 38.2 Å². The maximum atomic E-state index is 12.6. The molecule has 0 saturated carbocycles. The number of fused-ring (bicyclic) bond motifs is 1. The standard InChI is InChI=1S/C15H19NO2/c1-11-10-13-4-2-3-5-14(13)16(11)15(17)12-6-8-18-9-7-12/h2-5,11-12H,6-10H2,1H3. The van der Waals surface area contributed by atoms with Crippen LogP contribution in [-0.4, -0.2) is 25.2 Å². The summed E-state index contributed by atoms with van der Waals surface area (Å²) in [6, 6.07) is 8.55. The van der Waals surface area contributed by atoms with Gasteiger partial charge in [0.05, 0.1) is 0 Å². The monoisotopic (exact) mass is 245 g/mol. The number of ether oxygens (including phenoxy) is 1. The van der Waals surface area contributed by atoms with E-state index in [1.807, 2.05) is 17.0 Å². The van der Waals surface area contributed by atoms with Crippen molar-refractivity contribution >= 4 is 11.6 Å². The van der Waals surface area contributed by atoms with Gasteiger partial charge in [-0.05, 0) is 37.8 Å². The van der Waals surface area contributed by atoms with E-state index in [-0.39, 0.29) is 17.9 Å². The Kier molecular flexibility index (Phi) is 3.08. The third-order valence-electron chi connectivity index (χ3n) is 4.02. The summed E-state index contributed by atoms with van der Waals surface area (Å²) in [6.07, 6.45) is 2.71. The molecule has 1 atom stereocenters. The molecule has 1 aromatic carbocycles. The second-order valence-corrected chi connectivity index (χ2v) is 5.28. The van der Waals surface area contributed by atoms with E-state index in [0.29, 0.717) is 0 Å². The molecule has 0 aromatic heterocycles. The molecule has 3 heteroatoms. The number of benzene rings is 1. The largest absolute Gasteiger partial charge is 0.381 e. The van der Waals surface area contributed by atoms with Crippen molar-refractivity contribution in [2.75, 3.05) is 18.1 Å². The summed E-state index contributed by atoms with van der Waals surface area (Å²) in [5, 5.41) is 0. The van der Waals surface area contributed by atoms with Crippen molar-refractivity contribution in [3.63, 3.8) is 0 Å². The maximum absolute atomic E-state index is 12.6. The molecule has 1 aromatic rings. The van der Waals surface area contributed by atoms with E-state index >= 15 is 0 Å². The van der Waals surface area contributed by atoms with Crippen molar-refractivity contribution in [1.82, 2.24) is 0 Å². The molecular formula is C15H19NO2. The number of hydrogen-bond donors (Lipinski definition) is 0. The molecule has 0 bridgehead atoms. The highest BCUT2D eigenvalue weighted by atomic mass is 16.5. The lowest BCUT2D eigenvalue weighted by Gasteiger charge is -2.29. The second-order valence-electron chi connectivity index (χ2n) is 5.28. The van der Waals surface area contributed by atoms with E-state index in [1.165, 1.54) is 5.56 Å². The van der Waals surface area contributed by atoms with Crippen LogP contribution < -0.4 is 4.90 Å².